The second kappa shape index (κ2) is 5.44. The highest BCUT2D eigenvalue weighted by atomic mass is 35.5. The molecule has 0 aliphatic heterocycles. The van der Waals surface area contributed by atoms with Crippen LogP contribution in [0.1, 0.15) is 12.5 Å². The molecule has 78 valence electrons. The lowest BCUT2D eigenvalue weighted by molar-refractivity contribution is 0.287. The molecule has 0 spiro atoms. The summed E-state index contributed by atoms with van der Waals surface area (Å²) in [7, 11) is 0. The summed E-state index contributed by atoms with van der Waals surface area (Å²) in [5.74, 6) is 0.802. The summed E-state index contributed by atoms with van der Waals surface area (Å²) in [6.45, 7) is 4.43. The molecule has 0 saturated carbocycles. The van der Waals surface area contributed by atoms with Crippen molar-refractivity contribution >= 4 is 23.4 Å². The van der Waals surface area contributed by atoms with Gasteiger partial charge in [-0.1, -0.05) is 17.7 Å². The highest BCUT2D eigenvalue weighted by Crippen LogP contribution is 2.22. The second-order valence-corrected chi connectivity index (χ2v) is 3.89. The van der Waals surface area contributed by atoms with Gasteiger partial charge in [-0.05, 0) is 43.3 Å². The quantitative estimate of drug-likeness (QED) is 0.808. The number of hydrogen-bond acceptors (Lipinski definition) is 2. The second-order valence-electron chi connectivity index (χ2n) is 3.23. The summed E-state index contributed by atoms with van der Waals surface area (Å²) in [6, 6.07) is 5.68. The minimum absolute atomic E-state index is 0.107. The molecule has 0 bridgehead atoms. The molecule has 0 aliphatic carbocycles. The van der Waals surface area contributed by atoms with Crippen LogP contribution in [0.3, 0.4) is 0 Å². The fourth-order valence-corrected chi connectivity index (χ4v) is 1.20. The Morgan fingerprint density at radius 1 is 1.50 bits per heavy atom. The van der Waals surface area contributed by atoms with Crippen molar-refractivity contribution < 1.29 is 4.74 Å². The van der Waals surface area contributed by atoms with E-state index < -0.39 is 0 Å². The van der Waals surface area contributed by atoms with Crippen LogP contribution in [-0.2, 0) is 0 Å². The van der Waals surface area contributed by atoms with Gasteiger partial charge in [0, 0.05) is 5.02 Å². The Hall–Kier alpha value is -0.440. The first-order valence-corrected chi connectivity index (χ1v) is 5.14. The van der Waals surface area contributed by atoms with E-state index in [9.17, 15) is 0 Å². The Bertz CT molecular complexity index is 304. The van der Waals surface area contributed by atoms with Gasteiger partial charge < -0.3 is 4.74 Å². The summed E-state index contributed by atoms with van der Waals surface area (Å²) in [6.07, 6.45) is 0. The van der Waals surface area contributed by atoms with Crippen LogP contribution in [0.4, 0.5) is 0 Å². The van der Waals surface area contributed by atoms with E-state index in [1.165, 1.54) is 0 Å². The summed E-state index contributed by atoms with van der Waals surface area (Å²) in [4.78, 5) is 2.58. The number of nitrogens with one attached hydrogen (secondary N) is 1. The maximum Gasteiger partial charge on any atom is 0.123 e. The van der Waals surface area contributed by atoms with E-state index in [1.807, 2.05) is 26.0 Å². The van der Waals surface area contributed by atoms with Crippen LogP contribution in [0.2, 0.25) is 5.02 Å². The molecule has 2 nitrogen and oxygen atoms in total. The van der Waals surface area contributed by atoms with Gasteiger partial charge in [-0.3, -0.25) is 0 Å². The molecular formula is C10H13Cl2NO. The van der Waals surface area contributed by atoms with Crippen molar-refractivity contribution in [3.63, 3.8) is 0 Å². The molecule has 14 heavy (non-hydrogen) atoms. The maximum atomic E-state index is 5.84. The van der Waals surface area contributed by atoms with E-state index in [1.54, 1.807) is 6.07 Å². The minimum atomic E-state index is 0.107. The van der Waals surface area contributed by atoms with Gasteiger partial charge in [-0.2, -0.15) is 0 Å². The van der Waals surface area contributed by atoms with E-state index in [-0.39, 0.29) is 6.04 Å². The van der Waals surface area contributed by atoms with Crippen molar-refractivity contribution in [2.75, 3.05) is 6.61 Å². The summed E-state index contributed by atoms with van der Waals surface area (Å²) < 4.78 is 5.54. The van der Waals surface area contributed by atoms with Crippen LogP contribution in [0.15, 0.2) is 18.2 Å². The number of aryl methyl sites for hydroxylation is 1. The Kier molecular flexibility index (Phi) is 4.52. The van der Waals surface area contributed by atoms with Crippen molar-refractivity contribution in [1.82, 2.24) is 4.84 Å². The van der Waals surface area contributed by atoms with E-state index in [0.29, 0.717) is 11.6 Å². The van der Waals surface area contributed by atoms with Gasteiger partial charge in [0.05, 0.1) is 6.04 Å². The number of halogens is 2. The molecule has 1 aromatic rings. The smallest absolute Gasteiger partial charge is 0.123 e. The maximum absolute atomic E-state index is 5.84. The Morgan fingerprint density at radius 2 is 2.21 bits per heavy atom. The molecule has 1 aromatic carbocycles. The number of rotatable bonds is 4. The lowest BCUT2D eigenvalue weighted by atomic mass is 10.2. The van der Waals surface area contributed by atoms with Crippen molar-refractivity contribution in [1.29, 1.82) is 0 Å². The summed E-state index contributed by atoms with van der Waals surface area (Å²) >= 11 is 11.3. The average Bonchev–Trinajstić information content (AvgIpc) is 2.19. The van der Waals surface area contributed by atoms with Crippen molar-refractivity contribution in [3.05, 3.63) is 28.8 Å². The van der Waals surface area contributed by atoms with E-state index in [4.69, 9.17) is 28.1 Å². The van der Waals surface area contributed by atoms with Gasteiger partial charge >= 0.3 is 0 Å². The highest BCUT2D eigenvalue weighted by molar-refractivity contribution is 6.30. The van der Waals surface area contributed by atoms with Crippen molar-refractivity contribution in [2.45, 2.75) is 19.9 Å². The van der Waals surface area contributed by atoms with Crippen molar-refractivity contribution in [3.8, 4) is 5.75 Å². The molecule has 0 amide bonds. The largest absolute Gasteiger partial charge is 0.492 e. The molecule has 1 N–H and O–H groups in total. The van der Waals surface area contributed by atoms with Crippen LogP contribution in [0, 0.1) is 6.92 Å². The predicted octanol–water partition coefficient (Wildman–Crippen LogP) is 3.16. The van der Waals surface area contributed by atoms with Crippen LogP contribution in [0.25, 0.3) is 0 Å². The Labute approximate surface area is 94.3 Å². The molecule has 1 unspecified atom stereocenters. The Balaban J connectivity index is 2.62. The zero-order valence-electron chi connectivity index (χ0n) is 8.18. The monoisotopic (exact) mass is 233 g/mol. The SMILES string of the molecule is Cc1ccc(Cl)cc1OCC(C)NCl. The number of hydrogen-bond donors (Lipinski definition) is 1. The normalized spacial score (nSPS) is 12.6. The topological polar surface area (TPSA) is 21.3 Å². The summed E-state index contributed by atoms with van der Waals surface area (Å²) in [5.41, 5.74) is 1.07. The van der Waals surface area contributed by atoms with Crippen LogP contribution >= 0.6 is 23.4 Å². The molecule has 4 heteroatoms. The van der Waals surface area contributed by atoms with Gasteiger partial charge in [0.1, 0.15) is 12.4 Å². The van der Waals surface area contributed by atoms with Crippen LogP contribution < -0.4 is 9.57 Å². The third-order valence-electron chi connectivity index (χ3n) is 1.83. The van der Waals surface area contributed by atoms with Gasteiger partial charge in [0.15, 0.2) is 0 Å². The fourth-order valence-electron chi connectivity index (χ4n) is 0.976. The van der Waals surface area contributed by atoms with Crippen LogP contribution in [0.5, 0.6) is 5.75 Å². The molecule has 0 aromatic heterocycles. The van der Waals surface area contributed by atoms with Gasteiger partial charge in [-0.25, -0.2) is 4.84 Å². The predicted molar refractivity (Wildman–Crippen MR) is 60.1 cm³/mol. The lowest BCUT2D eigenvalue weighted by Crippen LogP contribution is -2.24. The Morgan fingerprint density at radius 3 is 2.86 bits per heavy atom. The van der Waals surface area contributed by atoms with E-state index in [2.05, 4.69) is 4.84 Å². The van der Waals surface area contributed by atoms with Gasteiger partial charge in [-0.15, -0.1) is 0 Å². The third-order valence-corrected chi connectivity index (χ3v) is 2.43. The fraction of sp³-hybridized carbons (Fsp3) is 0.400. The molecular weight excluding hydrogens is 221 g/mol. The first kappa shape index (κ1) is 11.6. The zero-order chi connectivity index (χ0) is 10.6. The lowest BCUT2D eigenvalue weighted by Gasteiger charge is -2.12. The van der Waals surface area contributed by atoms with Crippen molar-refractivity contribution in [2.24, 2.45) is 0 Å². The number of benzene rings is 1. The minimum Gasteiger partial charge on any atom is -0.492 e. The standard InChI is InChI=1S/C10H13Cl2NO/c1-7-3-4-9(11)5-10(7)14-6-8(2)13-12/h3-5,8,13H,6H2,1-2H3. The van der Waals surface area contributed by atoms with Gasteiger partial charge in [0.2, 0.25) is 0 Å². The van der Waals surface area contributed by atoms with Crippen LogP contribution in [-0.4, -0.2) is 12.6 Å². The molecule has 0 radical (unpaired) electrons. The highest BCUT2D eigenvalue weighted by Gasteiger charge is 2.03. The molecule has 1 rings (SSSR count). The van der Waals surface area contributed by atoms with E-state index in [0.717, 1.165) is 11.3 Å². The molecule has 0 heterocycles. The zero-order valence-corrected chi connectivity index (χ0v) is 9.69. The molecule has 1 atom stereocenters. The molecule has 0 saturated heterocycles. The van der Waals surface area contributed by atoms with Gasteiger partial charge in [0.25, 0.3) is 0 Å². The average molecular weight is 234 g/mol. The molecule has 0 fully saturated rings. The number of ether oxygens (including phenoxy) is 1. The summed E-state index contributed by atoms with van der Waals surface area (Å²) in [5, 5.41) is 0.678. The third kappa shape index (κ3) is 3.37. The molecule has 0 aliphatic rings. The first-order valence-electron chi connectivity index (χ1n) is 4.38. The van der Waals surface area contributed by atoms with E-state index >= 15 is 0 Å². The first-order chi connectivity index (χ1) is 6.63.